The number of benzene rings is 1. The van der Waals surface area contributed by atoms with Gasteiger partial charge >= 0.3 is 6.61 Å². The summed E-state index contributed by atoms with van der Waals surface area (Å²) in [4.78, 5) is 22.4. The van der Waals surface area contributed by atoms with Crippen LogP contribution in [-0.2, 0) is 9.59 Å². The van der Waals surface area contributed by atoms with Crippen molar-refractivity contribution >= 4 is 17.5 Å². The highest BCUT2D eigenvalue weighted by molar-refractivity contribution is 5.91. The van der Waals surface area contributed by atoms with Crippen molar-refractivity contribution in [1.29, 1.82) is 0 Å². The van der Waals surface area contributed by atoms with Gasteiger partial charge in [-0.3, -0.25) is 9.59 Å². The summed E-state index contributed by atoms with van der Waals surface area (Å²) in [7, 11) is 1.51. The molecule has 0 saturated heterocycles. The van der Waals surface area contributed by atoms with E-state index < -0.39 is 6.61 Å². The Labute approximate surface area is 114 Å². The van der Waals surface area contributed by atoms with Gasteiger partial charge in [-0.05, 0) is 24.3 Å². The minimum Gasteiger partial charge on any atom is -0.435 e. The average molecular weight is 288 g/mol. The van der Waals surface area contributed by atoms with Crippen LogP contribution in [0.25, 0.3) is 0 Å². The van der Waals surface area contributed by atoms with Gasteiger partial charge in [0.1, 0.15) is 5.75 Å². The zero-order valence-electron chi connectivity index (χ0n) is 10.9. The lowest BCUT2D eigenvalue weighted by molar-refractivity contribution is -0.632. The van der Waals surface area contributed by atoms with Gasteiger partial charge in [-0.15, -0.1) is 0 Å². The molecule has 0 unspecified atom stereocenters. The van der Waals surface area contributed by atoms with Crippen LogP contribution >= 0.6 is 0 Å². The third kappa shape index (κ3) is 6.10. The van der Waals surface area contributed by atoms with Crippen LogP contribution in [0.2, 0.25) is 0 Å². The molecular weight excluding hydrogens is 272 g/mol. The number of nitrogens with one attached hydrogen (secondary N) is 2. The minimum absolute atomic E-state index is 0.0178. The summed E-state index contributed by atoms with van der Waals surface area (Å²) in [6.07, 6.45) is 0. The molecule has 1 rings (SSSR count). The SMILES string of the molecule is CNC(=O)C[NH2+]CC(=O)Nc1ccc(OC(F)F)cc1. The molecule has 0 radical (unpaired) electrons. The molecule has 0 atom stereocenters. The van der Waals surface area contributed by atoms with Crippen molar-refractivity contribution in [2.75, 3.05) is 25.5 Å². The summed E-state index contributed by atoms with van der Waals surface area (Å²) in [5, 5.41) is 6.55. The van der Waals surface area contributed by atoms with Crippen LogP contribution < -0.4 is 20.7 Å². The van der Waals surface area contributed by atoms with Crippen LogP contribution in [0.15, 0.2) is 24.3 Å². The molecule has 0 aliphatic heterocycles. The van der Waals surface area contributed by atoms with Gasteiger partial charge in [-0.25, -0.2) is 0 Å². The molecule has 4 N–H and O–H groups in total. The number of carbonyl (C=O) groups excluding carboxylic acids is 2. The summed E-state index contributed by atoms with van der Waals surface area (Å²) in [5.74, 6) is -0.452. The Bertz CT molecular complexity index is 452. The van der Waals surface area contributed by atoms with Crippen molar-refractivity contribution < 1.29 is 28.4 Å². The molecule has 0 spiro atoms. The zero-order valence-corrected chi connectivity index (χ0v) is 10.9. The number of amides is 2. The van der Waals surface area contributed by atoms with E-state index in [0.29, 0.717) is 5.69 Å². The van der Waals surface area contributed by atoms with E-state index >= 15 is 0 Å². The Morgan fingerprint density at radius 1 is 1.20 bits per heavy atom. The molecule has 0 aromatic heterocycles. The molecule has 0 aliphatic carbocycles. The van der Waals surface area contributed by atoms with E-state index in [1.165, 1.54) is 31.3 Å². The number of hydrogen-bond donors (Lipinski definition) is 3. The van der Waals surface area contributed by atoms with Gasteiger partial charge in [-0.1, -0.05) is 0 Å². The number of halogens is 2. The van der Waals surface area contributed by atoms with E-state index in [1.807, 2.05) is 0 Å². The second kappa shape index (κ2) is 8.05. The lowest BCUT2D eigenvalue weighted by Gasteiger charge is -2.07. The summed E-state index contributed by atoms with van der Waals surface area (Å²) >= 11 is 0. The topological polar surface area (TPSA) is 84.0 Å². The molecule has 8 heteroatoms. The molecule has 0 heterocycles. The molecule has 20 heavy (non-hydrogen) atoms. The highest BCUT2D eigenvalue weighted by atomic mass is 19.3. The summed E-state index contributed by atoms with van der Waals surface area (Å²) in [6.45, 7) is -2.64. The van der Waals surface area contributed by atoms with E-state index in [1.54, 1.807) is 5.32 Å². The number of carbonyl (C=O) groups is 2. The number of ether oxygens (including phenoxy) is 1. The van der Waals surface area contributed by atoms with Crippen LogP contribution in [0.3, 0.4) is 0 Å². The van der Waals surface area contributed by atoms with Crippen LogP contribution in [0.4, 0.5) is 14.5 Å². The second-order valence-corrected chi connectivity index (χ2v) is 3.82. The molecule has 0 bridgehead atoms. The Morgan fingerprint density at radius 2 is 1.80 bits per heavy atom. The predicted octanol–water partition coefficient (Wildman–Crippen LogP) is -0.464. The predicted molar refractivity (Wildman–Crippen MR) is 67.4 cm³/mol. The highest BCUT2D eigenvalue weighted by Crippen LogP contribution is 2.17. The van der Waals surface area contributed by atoms with Gasteiger partial charge in [0.25, 0.3) is 11.8 Å². The lowest BCUT2D eigenvalue weighted by atomic mass is 10.3. The maximum absolute atomic E-state index is 11.9. The Hall–Kier alpha value is -2.22. The maximum Gasteiger partial charge on any atom is 0.387 e. The number of hydrogen-bond acceptors (Lipinski definition) is 3. The zero-order chi connectivity index (χ0) is 15.0. The number of rotatable bonds is 7. The first kappa shape index (κ1) is 15.8. The molecule has 0 saturated carbocycles. The van der Waals surface area contributed by atoms with E-state index in [0.717, 1.165) is 0 Å². The van der Waals surface area contributed by atoms with Crippen molar-refractivity contribution in [3.05, 3.63) is 24.3 Å². The standard InChI is InChI=1S/C12H15F2N3O3/c1-15-10(18)6-16-7-11(19)17-8-2-4-9(5-3-8)20-12(13)14/h2-5,12,16H,6-7H2,1H3,(H,15,18)(H,17,19)/p+1. The van der Waals surface area contributed by atoms with Gasteiger partial charge in [0.05, 0.1) is 0 Å². The quantitative estimate of drug-likeness (QED) is 0.634. The second-order valence-electron chi connectivity index (χ2n) is 3.82. The molecule has 0 fully saturated rings. The van der Waals surface area contributed by atoms with Gasteiger partial charge < -0.3 is 20.7 Å². The molecule has 1 aromatic rings. The fourth-order valence-electron chi connectivity index (χ4n) is 1.37. The van der Waals surface area contributed by atoms with Crippen molar-refractivity contribution in [3.8, 4) is 5.75 Å². The molecule has 6 nitrogen and oxygen atoms in total. The van der Waals surface area contributed by atoms with E-state index in [4.69, 9.17) is 0 Å². The number of alkyl halides is 2. The van der Waals surface area contributed by atoms with Gasteiger partial charge in [0.15, 0.2) is 13.1 Å². The Kier molecular flexibility index (Phi) is 6.38. The highest BCUT2D eigenvalue weighted by Gasteiger charge is 2.08. The van der Waals surface area contributed by atoms with E-state index in [2.05, 4.69) is 15.4 Å². The molecule has 110 valence electrons. The number of quaternary nitrogens is 1. The van der Waals surface area contributed by atoms with Crippen LogP contribution in [-0.4, -0.2) is 38.6 Å². The van der Waals surface area contributed by atoms with Gasteiger partial charge in [0, 0.05) is 12.7 Å². The summed E-state index contributed by atoms with van der Waals surface area (Å²) in [5.41, 5.74) is 0.463. The van der Waals surface area contributed by atoms with Crippen molar-refractivity contribution in [2.45, 2.75) is 6.61 Å². The van der Waals surface area contributed by atoms with E-state index in [-0.39, 0.29) is 30.7 Å². The molecule has 2 amide bonds. The summed E-state index contributed by atoms with van der Waals surface area (Å²) < 4.78 is 28.1. The molecule has 0 aliphatic rings. The van der Waals surface area contributed by atoms with E-state index in [9.17, 15) is 18.4 Å². The third-order valence-corrected chi connectivity index (χ3v) is 2.30. The van der Waals surface area contributed by atoms with Crippen molar-refractivity contribution in [1.82, 2.24) is 5.32 Å². The third-order valence-electron chi connectivity index (χ3n) is 2.30. The number of nitrogens with two attached hydrogens (primary N) is 1. The lowest BCUT2D eigenvalue weighted by Crippen LogP contribution is -2.88. The normalized spacial score (nSPS) is 10.2. The molecule has 1 aromatic carbocycles. The van der Waals surface area contributed by atoms with Crippen LogP contribution in [0, 0.1) is 0 Å². The van der Waals surface area contributed by atoms with Crippen LogP contribution in [0.1, 0.15) is 0 Å². The first-order valence-corrected chi connectivity index (χ1v) is 5.88. The maximum atomic E-state index is 11.9. The van der Waals surface area contributed by atoms with Crippen molar-refractivity contribution in [2.24, 2.45) is 0 Å². The fourth-order valence-corrected chi connectivity index (χ4v) is 1.37. The van der Waals surface area contributed by atoms with Crippen LogP contribution in [0.5, 0.6) is 5.75 Å². The van der Waals surface area contributed by atoms with Crippen molar-refractivity contribution in [3.63, 3.8) is 0 Å². The van der Waals surface area contributed by atoms with Gasteiger partial charge in [0.2, 0.25) is 0 Å². The Balaban J connectivity index is 2.36. The minimum atomic E-state index is -2.88. The summed E-state index contributed by atoms with van der Waals surface area (Å²) in [6, 6.07) is 5.56. The number of anilines is 1. The fraction of sp³-hybridized carbons (Fsp3) is 0.333. The monoisotopic (exact) mass is 288 g/mol. The average Bonchev–Trinajstić information content (AvgIpc) is 2.40. The first-order chi connectivity index (χ1) is 9.51. The smallest absolute Gasteiger partial charge is 0.387 e. The first-order valence-electron chi connectivity index (χ1n) is 5.88. The largest absolute Gasteiger partial charge is 0.435 e. The molecular formula is C12H16F2N3O3+. The van der Waals surface area contributed by atoms with Gasteiger partial charge in [-0.2, -0.15) is 8.78 Å². The number of likely N-dealkylation sites (N-methyl/N-ethyl adjacent to an activating group) is 1. The Morgan fingerprint density at radius 3 is 2.35 bits per heavy atom.